The topological polar surface area (TPSA) is 118 Å². The molecule has 0 fully saturated rings. The lowest BCUT2D eigenvalue weighted by atomic mass is 10.1. The van der Waals surface area contributed by atoms with Gasteiger partial charge >= 0.3 is 7.82 Å². The number of pyridine rings is 1. The average Bonchev–Trinajstić information content (AvgIpc) is 2.18. The summed E-state index contributed by atoms with van der Waals surface area (Å²) in [5.74, 6) is -0.262. The van der Waals surface area contributed by atoms with Gasteiger partial charge in [0.25, 0.3) is 0 Å². The number of aldehydes is 1. The van der Waals surface area contributed by atoms with Crippen LogP contribution in [0.3, 0.4) is 0 Å². The molecule has 4 N–H and O–H groups in total. The van der Waals surface area contributed by atoms with Gasteiger partial charge in [0.15, 0.2) is 18.2 Å². The number of phosphoric acid groups is 1. The van der Waals surface area contributed by atoms with Crippen LogP contribution in [0.2, 0.25) is 0 Å². The van der Waals surface area contributed by atoms with Gasteiger partial charge in [-0.15, -0.1) is 0 Å². The summed E-state index contributed by atoms with van der Waals surface area (Å²) < 4.78 is 14.7. The predicted octanol–water partition coefficient (Wildman–Crippen LogP) is -0.0635. The zero-order valence-electron chi connectivity index (χ0n) is 8.38. The summed E-state index contributed by atoms with van der Waals surface area (Å²) in [6.45, 7) is 1.08. The van der Waals surface area contributed by atoms with E-state index in [0.29, 0.717) is 12.0 Å². The van der Waals surface area contributed by atoms with Crippen LogP contribution in [0, 0.1) is 6.92 Å². The molecule has 1 rings (SSSR count). The monoisotopic (exact) mass is 248 g/mol. The number of aromatic nitrogens is 1. The SMILES string of the molecule is Cc1[nH+]cc(COP(=O)(O)O)c(C=O)c1O. The lowest BCUT2D eigenvalue weighted by Gasteiger charge is -2.06. The van der Waals surface area contributed by atoms with E-state index in [9.17, 15) is 14.5 Å². The largest absolute Gasteiger partial charge is 0.502 e. The summed E-state index contributed by atoms with van der Waals surface area (Å²) >= 11 is 0. The number of rotatable bonds is 4. The fourth-order valence-electron chi connectivity index (χ4n) is 1.10. The van der Waals surface area contributed by atoms with Gasteiger partial charge in [0.2, 0.25) is 5.69 Å². The number of aromatic hydroxyl groups is 1. The van der Waals surface area contributed by atoms with Crippen LogP contribution in [0.1, 0.15) is 21.6 Å². The molecule has 0 aliphatic rings. The van der Waals surface area contributed by atoms with Crippen molar-refractivity contribution in [3.63, 3.8) is 0 Å². The van der Waals surface area contributed by atoms with Crippen LogP contribution < -0.4 is 4.98 Å². The fourth-order valence-corrected chi connectivity index (χ4v) is 1.41. The van der Waals surface area contributed by atoms with Crippen molar-refractivity contribution in [2.75, 3.05) is 0 Å². The molecule has 1 aromatic heterocycles. The van der Waals surface area contributed by atoms with E-state index in [1.807, 2.05) is 0 Å². The molecule has 0 spiro atoms. The zero-order valence-corrected chi connectivity index (χ0v) is 9.27. The van der Waals surface area contributed by atoms with Crippen molar-refractivity contribution in [2.45, 2.75) is 13.5 Å². The van der Waals surface area contributed by atoms with Gasteiger partial charge in [-0.2, -0.15) is 0 Å². The highest BCUT2D eigenvalue weighted by Gasteiger charge is 2.19. The summed E-state index contributed by atoms with van der Waals surface area (Å²) in [4.78, 5) is 30.3. The molecular weight excluding hydrogens is 237 g/mol. The first kappa shape index (κ1) is 12.8. The third-order valence-corrected chi connectivity index (χ3v) is 2.39. The summed E-state index contributed by atoms with van der Waals surface area (Å²) in [7, 11) is -4.60. The highest BCUT2D eigenvalue weighted by atomic mass is 31.2. The molecule has 0 atom stereocenters. The van der Waals surface area contributed by atoms with Gasteiger partial charge in [-0.05, 0) is 0 Å². The second-order valence-corrected chi connectivity index (χ2v) is 4.32. The predicted molar refractivity (Wildman–Crippen MR) is 51.6 cm³/mol. The first-order chi connectivity index (χ1) is 7.35. The van der Waals surface area contributed by atoms with Crippen molar-refractivity contribution in [3.05, 3.63) is 23.0 Å². The number of aryl methyl sites for hydroxylation is 1. The Morgan fingerprint density at radius 2 is 2.19 bits per heavy atom. The van der Waals surface area contributed by atoms with Crippen LogP contribution >= 0.6 is 7.82 Å². The second-order valence-electron chi connectivity index (χ2n) is 3.08. The van der Waals surface area contributed by atoms with E-state index >= 15 is 0 Å². The lowest BCUT2D eigenvalue weighted by molar-refractivity contribution is -0.389. The first-order valence-corrected chi connectivity index (χ1v) is 5.76. The zero-order chi connectivity index (χ0) is 12.3. The fraction of sp³-hybridized carbons (Fsp3) is 0.250. The molecule has 0 unspecified atom stereocenters. The first-order valence-electron chi connectivity index (χ1n) is 4.23. The van der Waals surface area contributed by atoms with Crippen LogP contribution in [0.25, 0.3) is 0 Å². The maximum absolute atomic E-state index is 10.7. The molecule has 0 aromatic carbocycles. The molecule has 0 saturated heterocycles. The minimum Gasteiger partial charge on any atom is -0.502 e. The van der Waals surface area contributed by atoms with Crippen LogP contribution in [-0.2, 0) is 15.7 Å². The number of phosphoric ester groups is 1. The van der Waals surface area contributed by atoms with Crippen molar-refractivity contribution in [3.8, 4) is 5.75 Å². The van der Waals surface area contributed by atoms with E-state index in [2.05, 4.69) is 9.51 Å². The quantitative estimate of drug-likeness (QED) is 0.507. The van der Waals surface area contributed by atoms with E-state index in [1.54, 1.807) is 6.92 Å². The van der Waals surface area contributed by atoms with Gasteiger partial charge < -0.3 is 14.9 Å². The molecule has 0 saturated carbocycles. The van der Waals surface area contributed by atoms with Gasteiger partial charge in [0.1, 0.15) is 0 Å². The Bertz CT molecular complexity index is 454. The Kier molecular flexibility index (Phi) is 3.77. The standard InChI is InChI=1S/C8H10NO6P/c1-5-8(11)7(3-10)6(2-9-5)4-15-16(12,13)14/h2-3,11H,4H2,1H3,(H2,12,13,14)/p+1. The number of carbonyl (C=O) groups is 1. The maximum atomic E-state index is 10.7. The summed E-state index contributed by atoms with van der Waals surface area (Å²) in [5, 5.41) is 9.50. The molecule has 0 amide bonds. The van der Waals surface area contributed by atoms with Crippen molar-refractivity contribution < 1.29 is 33.8 Å². The van der Waals surface area contributed by atoms with Crippen molar-refractivity contribution >= 4 is 14.1 Å². The molecule has 8 heteroatoms. The Hall–Kier alpha value is -1.27. The minimum atomic E-state index is -4.60. The van der Waals surface area contributed by atoms with Gasteiger partial charge in [-0.1, -0.05) is 0 Å². The van der Waals surface area contributed by atoms with E-state index in [4.69, 9.17) is 9.79 Å². The molecular formula is C8H11NO6P+. The van der Waals surface area contributed by atoms with Gasteiger partial charge in [-0.3, -0.25) is 9.32 Å². The molecule has 0 aliphatic carbocycles. The van der Waals surface area contributed by atoms with Crippen LogP contribution in [-0.4, -0.2) is 21.2 Å². The Morgan fingerprint density at radius 3 is 2.69 bits per heavy atom. The summed E-state index contributed by atoms with van der Waals surface area (Å²) in [6, 6.07) is 0. The highest BCUT2D eigenvalue weighted by molar-refractivity contribution is 7.46. The molecule has 1 aromatic rings. The average molecular weight is 248 g/mol. The van der Waals surface area contributed by atoms with Crippen LogP contribution in [0.4, 0.5) is 0 Å². The number of H-pyrrole nitrogens is 1. The molecule has 1 heterocycles. The number of carbonyl (C=O) groups excluding carboxylic acids is 1. The summed E-state index contributed by atoms with van der Waals surface area (Å²) in [6.07, 6.45) is 1.74. The maximum Gasteiger partial charge on any atom is 0.469 e. The van der Waals surface area contributed by atoms with Crippen molar-refractivity contribution in [2.24, 2.45) is 0 Å². The smallest absolute Gasteiger partial charge is 0.469 e. The molecule has 0 aliphatic heterocycles. The van der Waals surface area contributed by atoms with E-state index < -0.39 is 14.4 Å². The Balaban J connectivity index is 3.01. The number of hydrogen-bond donors (Lipinski definition) is 3. The van der Waals surface area contributed by atoms with E-state index in [1.165, 1.54) is 6.20 Å². The van der Waals surface area contributed by atoms with E-state index in [0.717, 1.165) is 0 Å². The number of nitrogens with one attached hydrogen (secondary N) is 1. The molecule has 0 bridgehead atoms. The van der Waals surface area contributed by atoms with Gasteiger partial charge in [-0.25, -0.2) is 9.55 Å². The van der Waals surface area contributed by atoms with Crippen molar-refractivity contribution in [1.29, 1.82) is 0 Å². The number of hydrogen-bond acceptors (Lipinski definition) is 4. The normalized spacial score (nSPS) is 11.4. The van der Waals surface area contributed by atoms with Crippen molar-refractivity contribution in [1.82, 2.24) is 0 Å². The third-order valence-electron chi connectivity index (χ3n) is 1.93. The lowest BCUT2D eigenvalue weighted by Crippen LogP contribution is -2.12. The highest BCUT2D eigenvalue weighted by Crippen LogP contribution is 2.37. The van der Waals surface area contributed by atoms with E-state index in [-0.39, 0.29) is 16.9 Å². The number of aromatic amines is 1. The molecule has 7 nitrogen and oxygen atoms in total. The van der Waals surface area contributed by atoms with Crippen LogP contribution in [0.15, 0.2) is 6.20 Å². The van der Waals surface area contributed by atoms with Gasteiger partial charge in [0.05, 0.1) is 17.7 Å². The third kappa shape index (κ3) is 3.11. The molecule has 16 heavy (non-hydrogen) atoms. The van der Waals surface area contributed by atoms with Crippen LogP contribution in [0.5, 0.6) is 5.75 Å². The van der Waals surface area contributed by atoms with Gasteiger partial charge in [0, 0.05) is 6.92 Å². The molecule has 88 valence electrons. The molecule has 0 radical (unpaired) electrons. The Morgan fingerprint density at radius 1 is 1.56 bits per heavy atom. The second kappa shape index (κ2) is 4.71. The minimum absolute atomic E-state index is 0.0512. The summed E-state index contributed by atoms with van der Waals surface area (Å²) in [5.41, 5.74) is 0.494. The Labute approximate surface area is 91.0 Å².